The van der Waals surface area contributed by atoms with Gasteiger partial charge in [-0.3, -0.25) is 9.21 Å². The van der Waals surface area contributed by atoms with Gasteiger partial charge in [0.15, 0.2) is 0 Å². The summed E-state index contributed by atoms with van der Waals surface area (Å²) in [6.45, 7) is 5.71. The fourth-order valence-electron chi connectivity index (χ4n) is 4.97. The molecule has 2 fully saturated rings. The van der Waals surface area contributed by atoms with Crippen LogP contribution in [0.4, 0.5) is 10.1 Å². The summed E-state index contributed by atoms with van der Waals surface area (Å²) >= 11 is 1.60. The minimum absolute atomic E-state index is 0.00895. The van der Waals surface area contributed by atoms with Gasteiger partial charge in [-0.2, -0.15) is 0 Å². The molecule has 2 aliphatic rings. The molecule has 33 heavy (non-hydrogen) atoms. The van der Waals surface area contributed by atoms with Gasteiger partial charge >= 0.3 is 0 Å². The zero-order valence-electron chi connectivity index (χ0n) is 18.9. The van der Waals surface area contributed by atoms with Crippen LogP contribution in [0.1, 0.15) is 30.9 Å². The lowest BCUT2D eigenvalue weighted by atomic mass is 9.83. The van der Waals surface area contributed by atoms with Crippen LogP contribution in [-0.4, -0.2) is 29.6 Å². The van der Waals surface area contributed by atoms with Gasteiger partial charge in [0.2, 0.25) is 0 Å². The van der Waals surface area contributed by atoms with E-state index >= 15 is 0 Å². The number of rotatable bonds is 6. The first-order valence-electron chi connectivity index (χ1n) is 11.6. The van der Waals surface area contributed by atoms with Gasteiger partial charge in [-0.05, 0) is 61.2 Å². The summed E-state index contributed by atoms with van der Waals surface area (Å²) in [6.07, 6.45) is 2.08. The molecule has 3 aromatic rings. The molecule has 0 amide bonds. The van der Waals surface area contributed by atoms with E-state index in [1.807, 2.05) is 30.3 Å². The molecule has 5 rings (SSSR count). The van der Waals surface area contributed by atoms with Crippen LogP contribution in [-0.2, 0) is 13.2 Å². The van der Waals surface area contributed by atoms with Crippen molar-refractivity contribution in [1.29, 1.82) is 0 Å². The Kier molecular flexibility index (Phi) is 6.58. The molecule has 4 nitrogen and oxygen atoms in total. The molecule has 0 bridgehead atoms. The summed E-state index contributed by atoms with van der Waals surface area (Å²) in [5.74, 6) is 0.723. The summed E-state index contributed by atoms with van der Waals surface area (Å²) < 4.78 is 25.6. The lowest BCUT2D eigenvalue weighted by Gasteiger charge is -2.47. The number of nitrogens with zero attached hydrogens (tertiary/aromatic N) is 2. The van der Waals surface area contributed by atoms with Crippen molar-refractivity contribution in [3.05, 3.63) is 95.8 Å². The van der Waals surface area contributed by atoms with E-state index in [1.165, 1.54) is 17.2 Å². The van der Waals surface area contributed by atoms with Gasteiger partial charge in [0.1, 0.15) is 18.2 Å². The van der Waals surface area contributed by atoms with Gasteiger partial charge < -0.3 is 4.74 Å². The molecule has 0 saturated carbocycles. The van der Waals surface area contributed by atoms with E-state index in [0.717, 1.165) is 43.9 Å². The Balaban J connectivity index is 1.23. The molecular weight excluding hydrogens is 433 g/mol. The minimum atomic E-state index is -0.185. The van der Waals surface area contributed by atoms with Gasteiger partial charge in [-0.25, -0.2) is 9.11 Å². The van der Waals surface area contributed by atoms with E-state index < -0.39 is 0 Å². The summed E-state index contributed by atoms with van der Waals surface area (Å²) in [5, 5.41) is 0. The highest BCUT2D eigenvalue weighted by Gasteiger charge is 2.46. The number of nitrogens with one attached hydrogen (secondary N) is 1. The maximum atomic E-state index is 13.9. The molecule has 1 spiro atoms. The fourth-order valence-corrected chi connectivity index (χ4v) is 6.08. The lowest BCUT2D eigenvalue weighted by Crippen LogP contribution is -2.56. The summed E-state index contributed by atoms with van der Waals surface area (Å²) in [7, 11) is 0. The third kappa shape index (κ3) is 5.03. The summed E-state index contributed by atoms with van der Waals surface area (Å²) in [4.78, 5) is 2.55. The SMILES string of the molecule is C[C@H]1C[C@]2(CCN1Cc1cccc(OCc3ccccc3)c1)CNSN2c1cccc(F)c1. The van der Waals surface area contributed by atoms with E-state index in [-0.39, 0.29) is 11.4 Å². The zero-order chi connectivity index (χ0) is 22.7. The molecule has 0 aliphatic carbocycles. The van der Waals surface area contributed by atoms with Gasteiger partial charge in [0, 0.05) is 37.8 Å². The molecule has 2 heterocycles. The third-order valence-corrected chi connectivity index (χ3v) is 7.78. The van der Waals surface area contributed by atoms with Crippen LogP contribution < -0.4 is 13.8 Å². The molecule has 2 atom stereocenters. The molecular formula is C27H30FN3OS. The third-order valence-electron chi connectivity index (χ3n) is 6.73. The number of ether oxygens (including phenoxy) is 1. The number of hydrogen-bond acceptors (Lipinski definition) is 5. The van der Waals surface area contributed by atoms with Gasteiger partial charge in [-0.15, -0.1) is 0 Å². The van der Waals surface area contributed by atoms with Crippen molar-refractivity contribution < 1.29 is 9.13 Å². The van der Waals surface area contributed by atoms with Gasteiger partial charge in [-0.1, -0.05) is 48.5 Å². The van der Waals surface area contributed by atoms with Crippen molar-refractivity contribution in [3.8, 4) is 5.75 Å². The summed E-state index contributed by atoms with van der Waals surface area (Å²) in [6, 6.07) is 26.1. The Labute approximate surface area is 200 Å². The first kappa shape index (κ1) is 22.3. The largest absolute Gasteiger partial charge is 0.489 e. The molecule has 0 unspecified atom stereocenters. The highest BCUT2D eigenvalue weighted by atomic mass is 32.2. The van der Waals surface area contributed by atoms with Crippen LogP contribution in [0.15, 0.2) is 78.9 Å². The molecule has 3 aromatic carbocycles. The number of likely N-dealkylation sites (tertiary alicyclic amines) is 1. The Hall–Kier alpha value is -2.54. The Bertz CT molecular complexity index is 1080. The maximum absolute atomic E-state index is 13.9. The Morgan fingerprint density at radius 1 is 1.03 bits per heavy atom. The standard InChI is InChI=1S/C27H30FN3OS/c1-21-17-27(20-29-33-31(27)25-11-6-10-24(28)16-25)13-14-30(21)18-23-9-5-12-26(15-23)32-19-22-7-3-2-4-8-22/h2-12,15-16,21,29H,13-14,17-20H2,1H3/t21-,27+/m0/s1. The average molecular weight is 464 g/mol. The average Bonchev–Trinajstić information content (AvgIpc) is 3.23. The fraction of sp³-hybridized carbons (Fsp3) is 0.333. The van der Waals surface area contributed by atoms with E-state index in [2.05, 4.69) is 51.2 Å². The van der Waals surface area contributed by atoms with Crippen LogP contribution in [0, 0.1) is 5.82 Å². The first-order valence-corrected chi connectivity index (χ1v) is 12.3. The number of piperidine rings is 1. The van der Waals surface area contributed by atoms with E-state index in [4.69, 9.17) is 4.74 Å². The second-order valence-electron chi connectivity index (χ2n) is 9.11. The number of anilines is 1. The van der Waals surface area contributed by atoms with Crippen molar-refractivity contribution in [3.63, 3.8) is 0 Å². The van der Waals surface area contributed by atoms with Gasteiger partial charge in [0.25, 0.3) is 0 Å². The second-order valence-corrected chi connectivity index (χ2v) is 9.94. The monoisotopic (exact) mass is 463 g/mol. The van der Waals surface area contributed by atoms with Crippen LogP contribution >= 0.6 is 12.1 Å². The molecule has 0 aromatic heterocycles. The smallest absolute Gasteiger partial charge is 0.125 e. The summed E-state index contributed by atoms with van der Waals surface area (Å²) in [5.41, 5.74) is 3.39. The number of benzene rings is 3. The predicted octanol–water partition coefficient (Wildman–Crippen LogP) is 5.80. The van der Waals surface area contributed by atoms with E-state index in [0.29, 0.717) is 12.6 Å². The number of hydrogen-bond donors (Lipinski definition) is 1. The number of halogens is 1. The molecule has 6 heteroatoms. The van der Waals surface area contributed by atoms with Crippen LogP contribution in [0.5, 0.6) is 5.75 Å². The molecule has 1 N–H and O–H groups in total. The predicted molar refractivity (Wildman–Crippen MR) is 134 cm³/mol. The zero-order valence-corrected chi connectivity index (χ0v) is 19.7. The lowest BCUT2D eigenvalue weighted by molar-refractivity contribution is 0.106. The van der Waals surface area contributed by atoms with Crippen LogP contribution in [0.25, 0.3) is 0 Å². The van der Waals surface area contributed by atoms with E-state index in [1.54, 1.807) is 24.3 Å². The van der Waals surface area contributed by atoms with Crippen molar-refractivity contribution in [2.75, 3.05) is 17.4 Å². The topological polar surface area (TPSA) is 27.7 Å². The highest BCUT2D eigenvalue weighted by Crippen LogP contribution is 2.43. The van der Waals surface area contributed by atoms with Crippen molar-refractivity contribution in [1.82, 2.24) is 9.62 Å². The normalized spacial score (nSPS) is 23.2. The maximum Gasteiger partial charge on any atom is 0.125 e. The van der Waals surface area contributed by atoms with Crippen LogP contribution in [0.3, 0.4) is 0 Å². The molecule has 172 valence electrons. The van der Waals surface area contributed by atoms with Crippen molar-refractivity contribution >= 4 is 17.8 Å². The Morgan fingerprint density at radius 3 is 2.67 bits per heavy atom. The quantitative estimate of drug-likeness (QED) is 0.467. The highest BCUT2D eigenvalue weighted by molar-refractivity contribution is 7.99. The molecule has 2 saturated heterocycles. The van der Waals surface area contributed by atoms with Gasteiger partial charge in [0.05, 0.1) is 11.2 Å². The Morgan fingerprint density at radius 2 is 1.85 bits per heavy atom. The first-order chi connectivity index (χ1) is 16.1. The van der Waals surface area contributed by atoms with Crippen LogP contribution in [0.2, 0.25) is 0 Å². The van der Waals surface area contributed by atoms with Crippen molar-refractivity contribution in [2.45, 2.75) is 44.5 Å². The van der Waals surface area contributed by atoms with E-state index in [9.17, 15) is 4.39 Å². The molecule has 0 radical (unpaired) electrons. The van der Waals surface area contributed by atoms with Crippen molar-refractivity contribution in [2.24, 2.45) is 0 Å². The molecule has 2 aliphatic heterocycles. The minimum Gasteiger partial charge on any atom is -0.489 e. The second kappa shape index (κ2) is 9.75.